The molecule has 9 atom stereocenters. The minimum atomic E-state index is -1.89. The van der Waals surface area contributed by atoms with Crippen LogP contribution in [0, 0.1) is 54.1 Å². The zero-order chi connectivity index (χ0) is 81.0. The Labute approximate surface area is 671 Å². The second-order valence-electron chi connectivity index (χ2n) is 41.0. The van der Waals surface area contributed by atoms with Crippen molar-refractivity contribution >= 4 is 59.7 Å². The van der Waals surface area contributed by atoms with E-state index in [1.54, 1.807) is 69.2 Å². The molecule has 10 saturated carbocycles. The van der Waals surface area contributed by atoms with Gasteiger partial charge in [0.15, 0.2) is 0 Å². The van der Waals surface area contributed by atoms with Crippen molar-refractivity contribution in [3.05, 3.63) is 0 Å². The van der Waals surface area contributed by atoms with Crippen molar-refractivity contribution in [3.8, 4) is 0 Å². The summed E-state index contributed by atoms with van der Waals surface area (Å²) in [6, 6.07) is 0. The smallest absolute Gasteiger partial charge is 0.312 e. The molecule has 0 saturated heterocycles. The van der Waals surface area contributed by atoms with Gasteiger partial charge in [0.1, 0.15) is 61.0 Å². The number of rotatable bonds is 39. The summed E-state index contributed by atoms with van der Waals surface area (Å²) < 4.78 is 65.9. The van der Waals surface area contributed by atoms with E-state index in [1.807, 2.05) is 13.8 Å². The van der Waals surface area contributed by atoms with Gasteiger partial charge in [-0.05, 0) is 397 Å². The van der Waals surface area contributed by atoms with Gasteiger partial charge in [-0.3, -0.25) is 47.9 Å². The lowest BCUT2D eigenvalue weighted by Gasteiger charge is -2.48. The maximum atomic E-state index is 16.6. The van der Waals surface area contributed by atoms with Crippen LogP contribution in [0.5, 0.6) is 0 Å². The highest BCUT2D eigenvalue weighted by atomic mass is 16.6. The lowest BCUT2D eigenvalue weighted by molar-refractivity contribution is -0.182. The molecule has 0 aliphatic heterocycles. The minimum Gasteiger partial charge on any atom is -0.462 e. The molecule has 0 spiro atoms. The highest BCUT2D eigenvalue weighted by Crippen LogP contribution is 2.59. The van der Waals surface area contributed by atoms with Crippen molar-refractivity contribution in [2.75, 3.05) is 0 Å². The first-order chi connectivity index (χ1) is 52.9. The largest absolute Gasteiger partial charge is 0.462 e. The fourth-order valence-electron chi connectivity index (χ4n) is 22.9. The van der Waals surface area contributed by atoms with E-state index in [2.05, 4.69) is 0 Å². The Morgan fingerprint density at radius 1 is 0.179 bits per heavy atom. The predicted molar refractivity (Wildman–Crippen MR) is 422 cm³/mol. The summed E-state index contributed by atoms with van der Waals surface area (Å²) in [7, 11) is 0. The van der Waals surface area contributed by atoms with Crippen LogP contribution in [0.2, 0.25) is 0 Å². The third-order valence-electron chi connectivity index (χ3n) is 28.6. The van der Waals surface area contributed by atoms with E-state index in [0.717, 1.165) is 154 Å². The summed E-state index contributed by atoms with van der Waals surface area (Å²) in [6.45, 7) is 21.1. The number of esters is 10. The van der Waals surface area contributed by atoms with Gasteiger partial charge in [-0.1, -0.05) is 6.92 Å². The molecule has 0 aromatic rings. The van der Waals surface area contributed by atoms with Crippen LogP contribution in [0.1, 0.15) is 404 Å². The van der Waals surface area contributed by atoms with Gasteiger partial charge in [0, 0.05) is 0 Å². The Balaban J connectivity index is 1.11. The summed E-state index contributed by atoms with van der Waals surface area (Å²) in [5.74, 6) is -6.13. The summed E-state index contributed by atoms with van der Waals surface area (Å²) in [4.78, 5) is 159. The molecule has 0 aromatic carbocycles. The van der Waals surface area contributed by atoms with Crippen molar-refractivity contribution in [3.63, 3.8) is 0 Å². The fraction of sp³-hybridized carbons (Fsp3) is 0.891. The maximum absolute atomic E-state index is 16.6. The van der Waals surface area contributed by atoms with E-state index in [-0.39, 0.29) is 75.8 Å². The molecule has 10 aliphatic rings. The molecular formula is C92H146O20. The minimum absolute atomic E-state index is 0.0634. The van der Waals surface area contributed by atoms with Crippen molar-refractivity contribution in [2.24, 2.45) is 54.1 Å². The molecule has 10 aliphatic carbocycles. The Kier molecular flexibility index (Phi) is 30.2. The van der Waals surface area contributed by atoms with Crippen LogP contribution in [-0.4, -0.2) is 121 Å². The molecule has 10 fully saturated rings. The molecule has 0 N–H and O–H groups in total. The molecule has 0 heterocycles. The summed E-state index contributed by atoms with van der Waals surface area (Å²) in [5.41, 5.74) is -16.7. The zero-order valence-electron chi connectivity index (χ0n) is 71.3. The monoisotopic (exact) mass is 1570 g/mol. The lowest BCUT2D eigenvalue weighted by atomic mass is 9.56. The fourth-order valence-corrected chi connectivity index (χ4v) is 22.9. The van der Waals surface area contributed by atoms with Gasteiger partial charge in [0.05, 0.1) is 54.1 Å². The van der Waals surface area contributed by atoms with Gasteiger partial charge in [-0.2, -0.15) is 0 Å². The van der Waals surface area contributed by atoms with Crippen molar-refractivity contribution in [2.45, 2.75) is 465 Å². The Morgan fingerprint density at radius 2 is 0.286 bits per heavy atom. The topological polar surface area (TPSA) is 263 Å². The highest BCUT2D eigenvalue weighted by Gasteiger charge is 2.63. The third-order valence-corrected chi connectivity index (χ3v) is 28.6. The van der Waals surface area contributed by atoms with E-state index in [1.165, 1.54) is 0 Å². The Bertz CT molecular complexity index is 3210. The normalized spacial score (nSPS) is 25.4. The second kappa shape index (κ2) is 38.0. The zero-order valence-corrected chi connectivity index (χ0v) is 71.3. The molecule has 0 amide bonds. The van der Waals surface area contributed by atoms with Gasteiger partial charge in [-0.15, -0.1) is 0 Å². The Morgan fingerprint density at radius 3 is 0.420 bits per heavy atom. The van der Waals surface area contributed by atoms with Crippen LogP contribution in [-0.2, 0) is 95.3 Å². The molecule has 20 heteroatoms. The van der Waals surface area contributed by atoms with Crippen LogP contribution >= 0.6 is 0 Å². The van der Waals surface area contributed by atoms with Gasteiger partial charge < -0.3 is 47.4 Å². The first-order valence-electron chi connectivity index (χ1n) is 45.0. The molecule has 0 radical (unpaired) electrons. The second-order valence-corrected chi connectivity index (χ2v) is 41.0. The van der Waals surface area contributed by atoms with Gasteiger partial charge in [0.25, 0.3) is 0 Å². The van der Waals surface area contributed by atoms with Crippen molar-refractivity contribution < 1.29 is 95.3 Å². The Hall–Kier alpha value is -5.30. The van der Waals surface area contributed by atoms with Crippen LogP contribution < -0.4 is 0 Å². The van der Waals surface area contributed by atoms with Crippen LogP contribution in [0.15, 0.2) is 0 Å². The van der Waals surface area contributed by atoms with Crippen molar-refractivity contribution in [1.29, 1.82) is 0 Å². The summed E-state index contributed by atoms with van der Waals surface area (Å²) >= 11 is 0. The number of carbonyl (C=O) groups excluding carboxylic acids is 10. The summed E-state index contributed by atoms with van der Waals surface area (Å²) in [5, 5.41) is 0. The number of carbonyl (C=O) groups is 10. The maximum Gasteiger partial charge on any atom is 0.312 e. The van der Waals surface area contributed by atoms with Gasteiger partial charge in [-0.25, -0.2) is 0 Å². The van der Waals surface area contributed by atoms with Crippen LogP contribution in [0.3, 0.4) is 0 Å². The van der Waals surface area contributed by atoms with Crippen molar-refractivity contribution in [1.82, 2.24) is 0 Å². The van der Waals surface area contributed by atoms with E-state index in [4.69, 9.17) is 47.4 Å². The molecule has 0 bridgehead atoms. The number of ether oxygens (including phenoxy) is 10. The van der Waals surface area contributed by atoms with E-state index < -0.39 is 157 Å². The molecule has 0 aromatic heterocycles. The van der Waals surface area contributed by atoms with Crippen LogP contribution in [0.25, 0.3) is 0 Å². The van der Waals surface area contributed by atoms with E-state index in [0.29, 0.717) is 109 Å². The molecule has 10 rings (SSSR count). The predicted octanol–water partition coefficient (Wildman–Crippen LogP) is 19.8. The quantitative estimate of drug-likeness (QED) is 0.0409. The molecular weight excluding hydrogens is 1420 g/mol. The van der Waals surface area contributed by atoms with Crippen LogP contribution in [0.4, 0.5) is 0 Å². The van der Waals surface area contributed by atoms with Gasteiger partial charge in [0.2, 0.25) is 0 Å². The SMILES string of the molecule is CCC(C)(CC(C)(CC(C)(CC(C)(CC(C)(CC(C)(CC(C)(CC(C)(CC(C)(CC(C)(C)C(=O)OC1CCCC1)C(=O)OC1CCCC1)C(=O)OC1CCCC1)C(=O)OC1CCCC1)C(=O)OC1CCCC1)C(=O)OC1CCCC1)C(=O)OC1CCCC1)C(=O)OC1CCCC1)C(=O)OC1CCCC1)C(=O)OC1CCCC1. The lowest BCUT2D eigenvalue weighted by Crippen LogP contribution is -2.52. The highest BCUT2D eigenvalue weighted by molar-refractivity contribution is 5.88. The molecule has 634 valence electrons. The summed E-state index contributed by atoms with van der Waals surface area (Å²) in [6.07, 6.45) is 23.2. The molecule has 112 heavy (non-hydrogen) atoms. The van der Waals surface area contributed by atoms with E-state index in [9.17, 15) is 9.59 Å². The number of hydrogen-bond acceptors (Lipinski definition) is 20. The van der Waals surface area contributed by atoms with E-state index >= 15 is 38.4 Å². The average Bonchev–Trinajstić information content (AvgIpc) is 1.08. The molecule has 20 nitrogen and oxygen atoms in total. The number of hydrogen-bond donors (Lipinski definition) is 0. The first kappa shape index (κ1) is 89.1. The third kappa shape index (κ3) is 22.9. The average molecular weight is 1570 g/mol. The molecule has 9 unspecified atom stereocenters. The first-order valence-corrected chi connectivity index (χ1v) is 45.0. The standard InChI is InChI=1S/C92H146O20/c1-13-84(4,74(94)104-64-36-16-17-37-64)55-86(6,76(96)106-66-40-20-21-41-66)57-88(8,78(98)108-68-44-24-25-45-68)59-90(10,80(100)110-70-48-28-29-49-70)61-92(12,82(102)112-72-52-32-33-53-72)62-91(11,81(101)111-71-50-30-31-51-71)60-89(9,79(99)109-69-46-26-27-47-69)58-87(7,77(97)107-67-42-22-23-43-67)56-85(5,75(95)105-65-38-18-19-39-65)54-83(2,3)73(93)103-63-34-14-15-35-63/h63-72H,13-62H2,1-12H3. The van der Waals surface area contributed by atoms with Gasteiger partial charge >= 0.3 is 59.7 Å².